The fourth-order valence-electron chi connectivity index (χ4n) is 2.20. The average molecular weight is 394 g/mol. The van der Waals surface area contributed by atoms with Gasteiger partial charge in [0.2, 0.25) is 5.91 Å². The first kappa shape index (κ1) is 18.1. The summed E-state index contributed by atoms with van der Waals surface area (Å²) >= 11 is 3.40. The highest BCUT2D eigenvalue weighted by atomic mass is 79.9. The monoisotopic (exact) mass is 393 g/mol. The molecule has 0 fully saturated rings. The number of nitrogens with zero attached hydrogens (tertiary/aromatic N) is 1. The molecule has 0 saturated heterocycles. The molecule has 0 radical (unpaired) electrons. The number of rotatable bonds is 7. The van der Waals surface area contributed by atoms with E-state index in [-0.39, 0.29) is 5.91 Å². The molecule has 7 heteroatoms. The summed E-state index contributed by atoms with van der Waals surface area (Å²) in [7, 11) is 1.73. The smallest absolute Gasteiger partial charge is 0.312 e. The van der Waals surface area contributed by atoms with Crippen LogP contribution in [0.5, 0.6) is 0 Å². The van der Waals surface area contributed by atoms with Gasteiger partial charge in [-0.1, -0.05) is 28.1 Å². The molecule has 0 bridgehead atoms. The lowest BCUT2D eigenvalue weighted by Gasteiger charge is -2.15. The summed E-state index contributed by atoms with van der Waals surface area (Å²) in [5.41, 5.74) is 5.95. The molecule has 0 aliphatic carbocycles. The molecule has 0 aliphatic heterocycles. The van der Waals surface area contributed by atoms with Crippen LogP contribution in [0, 0.1) is 0 Å². The lowest BCUT2D eigenvalue weighted by Crippen LogP contribution is -2.31. The van der Waals surface area contributed by atoms with E-state index in [2.05, 4.69) is 21.2 Å². The van der Waals surface area contributed by atoms with Crippen LogP contribution in [0.25, 0.3) is 11.3 Å². The largest absolute Gasteiger partial charge is 0.459 e. The first-order valence-corrected chi connectivity index (χ1v) is 8.37. The Hall–Kier alpha value is -2.28. The van der Waals surface area contributed by atoms with Crippen LogP contribution >= 0.6 is 15.9 Å². The quantitative estimate of drug-likeness (QED) is 0.708. The van der Waals surface area contributed by atoms with Gasteiger partial charge < -0.3 is 20.4 Å². The SMILES string of the molecule is CN(Cc1ccc(-c2ccc(Br)cc2)o1)C(=O)CCCNC(N)=O. The van der Waals surface area contributed by atoms with Gasteiger partial charge in [-0.3, -0.25) is 4.79 Å². The number of carbonyl (C=O) groups is 2. The van der Waals surface area contributed by atoms with Gasteiger partial charge in [-0.25, -0.2) is 4.79 Å². The highest BCUT2D eigenvalue weighted by Gasteiger charge is 2.12. The molecule has 1 heterocycles. The maximum Gasteiger partial charge on any atom is 0.312 e. The maximum absolute atomic E-state index is 12.0. The molecule has 3 amide bonds. The Kier molecular flexibility index (Phi) is 6.43. The van der Waals surface area contributed by atoms with Crippen LogP contribution in [0.2, 0.25) is 0 Å². The third-order valence-corrected chi connectivity index (χ3v) is 4.00. The fourth-order valence-corrected chi connectivity index (χ4v) is 2.46. The Bertz CT molecular complexity index is 697. The van der Waals surface area contributed by atoms with E-state index < -0.39 is 6.03 Å². The van der Waals surface area contributed by atoms with Gasteiger partial charge in [-0.15, -0.1) is 0 Å². The second kappa shape index (κ2) is 8.54. The van der Waals surface area contributed by atoms with E-state index in [1.54, 1.807) is 11.9 Å². The van der Waals surface area contributed by atoms with E-state index in [0.29, 0.717) is 25.9 Å². The van der Waals surface area contributed by atoms with E-state index >= 15 is 0 Å². The van der Waals surface area contributed by atoms with Crippen LogP contribution in [0.1, 0.15) is 18.6 Å². The fraction of sp³-hybridized carbons (Fsp3) is 0.294. The number of benzene rings is 1. The second-order valence-corrected chi connectivity index (χ2v) is 6.33. The third-order valence-electron chi connectivity index (χ3n) is 3.48. The van der Waals surface area contributed by atoms with Gasteiger partial charge in [-0.05, 0) is 30.7 Å². The van der Waals surface area contributed by atoms with Crippen molar-refractivity contribution in [2.75, 3.05) is 13.6 Å². The molecule has 0 unspecified atom stereocenters. The van der Waals surface area contributed by atoms with Crippen molar-refractivity contribution in [2.45, 2.75) is 19.4 Å². The summed E-state index contributed by atoms with van der Waals surface area (Å²) in [5, 5.41) is 2.46. The predicted octanol–water partition coefficient (Wildman–Crippen LogP) is 3.12. The lowest BCUT2D eigenvalue weighted by atomic mass is 10.2. The van der Waals surface area contributed by atoms with Crippen molar-refractivity contribution < 1.29 is 14.0 Å². The summed E-state index contributed by atoms with van der Waals surface area (Å²) in [6.45, 7) is 0.794. The van der Waals surface area contributed by atoms with Crippen molar-refractivity contribution in [3.05, 3.63) is 46.6 Å². The van der Waals surface area contributed by atoms with Gasteiger partial charge in [0.05, 0.1) is 6.54 Å². The Morgan fingerprint density at radius 2 is 1.92 bits per heavy atom. The van der Waals surface area contributed by atoms with E-state index in [9.17, 15) is 9.59 Å². The number of amides is 3. The van der Waals surface area contributed by atoms with Crippen LogP contribution in [0.15, 0.2) is 45.3 Å². The normalized spacial score (nSPS) is 10.4. The van der Waals surface area contributed by atoms with Crippen molar-refractivity contribution in [1.82, 2.24) is 10.2 Å². The zero-order chi connectivity index (χ0) is 17.5. The van der Waals surface area contributed by atoms with Crippen molar-refractivity contribution in [3.8, 4) is 11.3 Å². The summed E-state index contributed by atoms with van der Waals surface area (Å²) < 4.78 is 6.81. The summed E-state index contributed by atoms with van der Waals surface area (Å²) in [5.74, 6) is 1.48. The minimum Gasteiger partial charge on any atom is -0.459 e. The highest BCUT2D eigenvalue weighted by Crippen LogP contribution is 2.24. The summed E-state index contributed by atoms with van der Waals surface area (Å²) in [4.78, 5) is 24.2. The van der Waals surface area contributed by atoms with Gasteiger partial charge in [0.15, 0.2) is 0 Å². The Morgan fingerprint density at radius 1 is 1.21 bits per heavy atom. The number of hydrogen-bond donors (Lipinski definition) is 2. The van der Waals surface area contributed by atoms with Crippen molar-refractivity contribution in [3.63, 3.8) is 0 Å². The van der Waals surface area contributed by atoms with E-state index in [4.69, 9.17) is 10.2 Å². The molecule has 1 aromatic heterocycles. The van der Waals surface area contributed by atoms with Gasteiger partial charge >= 0.3 is 6.03 Å². The van der Waals surface area contributed by atoms with E-state index in [1.165, 1.54) is 0 Å². The molecule has 2 aromatic rings. The molecule has 0 aliphatic rings. The standard InChI is InChI=1S/C17H20BrN3O3/c1-21(16(22)3-2-10-20-17(19)23)11-14-8-9-15(24-14)12-4-6-13(18)7-5-12/h4-9H,2-3,10-11H2,1H3,(H3,19,20,23). The first-order valence-electron chi connectivity index (χ1n) is 7.57. The molecule has 0 atom stereocenters. The zero-order valence-electron chi connectivity index (χ0n) is 13.4. The Labute approximate surface area is 149 Å². The molecule has 128 valence electrons. The molecule has 24 heavy (non-hydrogen) atoms. The molecular weight excluding hydrogens is 374 g/mol. The Balaban J connectivity index is 1.85. The van der Waals surface area contributed by atoms with Gasteiger partial charge in [0.1, 0.15) is 11.5 Å². The molecule has 2 rings (SSSR count). The number of furan rings is 1. The molecule has 0 saturated carbocycles. The van der Waals surface area contributed by atoms with Gasteiger partial charge in [0.25, 0.3) is 0 Å². The molecular formula is C17H20BrN3O3. The highest BCUT2D eigenvalue weighted by molar-refractivity contribution is 9.10. The van der Waals surface area contributed by atoms with E-state index in [0.717, 1.165) is 21.6 Å². The first-order chi connectivity index (χ1) is 11.5. The molecule has 3 N–H and O–H groups in total. The van der Waals surface area contributed by atoms with Crippen LogP contribution in [0.4, 0.5) is 4.79 Å². The van der Waals surface area contributed by atoms with Gasteiger partial charge in [0, 0.05) is 30.0 Å². The predicted molar refractivity (Wildman–Crippen MR) is 95.1 cm³/mol. The van der Waals surface area contributed by atoms with Crippen LogP contribution in [0.3, 0.4) is 0 Å². The van der Waals surface area contributed by atoms with Gasteiger partial charge in [-0.2, -0.15) is 0 Å². The molecule has 1 aromatic carbocycles. The summed E-state index contributed by atoms with van der Waals surface area (Å²) in [6, 6.07) is 11.0. The van der Waals surface area contributed by atoms with Crippen LogP contribution in [-0.2, 0) is 11.3 Å². The van der Waals surface area contributed by atoms with Crippen molar-refractivity contribution in [1.29, 1.82) is 0 Å². The Morgan fingerprint density at radius 3 is 2.58 bits per heavy atom. The molecule has 6 nitrogen and oxygen atoms in total. The number of hydrogen-bond acceptors (Lipinski definition) is 3. The number of primary amides is 1. The number of urea groups is 1. The van der Waals surface area contributed by atoms with Crippen LogP contribution < -0.4 is 11.1 Å². The third kappa shape index (κ3) is 5.42. The number of carbonyl (C=O) groups excluding carboxylic acids is 2. The minimum atomic E-state index is -0.577. The molecule has 0 spiro atoms. The average Bonchev–Trinajstić information content (AvgIpc) is 3.00. The lowest BCUT2D eigenvalue weighted by molar-refractivity contribution is -0.130. The van der Waals surface area contributed by atoms with E-state index in [1.807, 2.05) is 36.4 Å². The number of nitrogens with one attached hydrogen (secondary N) is 1. The summed E-state index contributed by atoms with van der Waals surface area (Å²) in [6.07, 6.45) is 0.894. The van der Waals surface area contributed by atoms with Crippen molar-refractivity contribution in [2.24, 2.45) is 5.73 Å². The minimum absolute atomic E-state index is 0.0112. The zero-order valence-corrected chi connectivity index (χ0v) is 15.0. The van der Waals surface area contributed by atoms with Crippen molar-refractivity contribution >= 4 is 27.9 Å². The number of halogens is 1. The topological polar surface area (TPSA) is 88.6 Å². The number of nitrogens with two attached hydrogens (primary N) is 1. The second-order valence-electron chi connectivity index (χ2n) is 5.42. The maximum atomic E-state index is 12.0. The van der Waals surface area contributed by atoms with Crippen LogP contribution in [-0.4, -0.2) is 30.4 Å².